The monoisotopic (exact) mass is 195 g/mol. The van der Waals surface area contributed by atoms with Crippen molar-refractivity contribution in [2.75, 3.05) is 13.7 Å². The lowest BCUT2D eigenvalue weighted by atomic mass is 10.1. The quantitative estimate of drug-likeness (QED) is 0.591. The second-order valence-electron chi connectivity index (χ2n) is 2.92. The highest BCUT2D eigenvalue weighted by molar-refractivity contribution is 5.99. The van der Waals surface area contributed by atoms with Crippen molar-refractivity contribution in [1.29, 1.82) is 0 Å². The Labute approximate surface area is 79.6 Å². The number of hydrogen-bond donors (Lipinski definition) is 2. The number of nitrogens with zero attached hydrogens (tertiary/aromatic N) is 1. The maximum Gasteiger partial charge on any atom is 0.358 e. The van der Waals surface area contributed by atoms with Gasteiger partial charge in [-0.2, -0.15) is 5.10 Å². The summed E-state index contributed by atoms with van der Waals surface area (Å²) in [5.41, 5.74) is 1.20. The van der Waals surface area contributed by atoms with E-state index in [9.17, 15) is 9.59 Å². The van der Waals surface area contributed by atoms with Crippen molar-refractivity contribution in [2.45, 2.75) is 6.42 Å². The minimum absolute atomic E-state index is 0.206. The van der Waals surface area contributed by atoms with Gasteiger partial charge in [-0.25, -0.2) is 4.79 Å². The fraction of sp³-hybridized carbons (Fsp3) is 0.375. The molecule has 1 aliphatic heterocycles. The molecule has 0 radical (unpaired) electrons. The number of carbonyl (C=O) groups is 2. The molecule has 2 rings (SSSR count). The molecule has 0 saturated heterocycles. The first kappa shape index (κ1) is 8.74. The molecule has 0 atom stereocenters. The zero-order valence-corrected chi connectivity index (χ0v) is 7.59. The van der Waals surface area contributed by atoms with Gasteiger partial charge < -0.3 is 10.1 Å². The van der Waals surface area contributed by atoms with Crippen LogP contribution in [0.2, 0.25) is 0 Å². The summed E-state index contributed by atoms with van der Waals surface area (Å²) in [4.78, 5) is 22.5. The second kappa shape index (κ2) is 3.13. The Bertz CT molecular complexity index is 397. The van der Waals surface area contributed by atoms with Crippen LogP contribution in [0.1, 0.15) is 26.5 Å². The molecular formula is C8H9N3O3. The van der Waals surface area contributed by atoms with E-state index in [1.54, 1.807) is 0 Å². The van der Waals surface area contributed by atoms with E-state index >= 15 is 0 Å². The number of amides is 1. The topological polar surface area (TPSA) is 84.1 Å². The smallest absolute Gasteiger partial charge is 0.358 e. The second-order valence-corrected chi connectivity index (χ2v) is 2.92. The molecule has 1 aliphatic rings. The number of H-pyrrole nitrogens is 1. The first-order chi connectivity index (χ1) is 6.74. The predicted molar refractivity (Wildman–Crippen MR) is 46.0 cm³/mol. The molecule has 0 saturated carbocycles. The molecule has 1 aromatic heterocycles. The highest BCUT2D eigenvalue weighted by Gasteiger charge is 2.26. The van der Waals surface area contributed by atoms with Crippen LogP contribution in [0.25, 0.3) is 0 Å². The molecule has 0 spiro atoms. The van der Waals surface area contributed by atoms with E-state index in [2.05, 4.69) is 20.3 Å². The molecule has 0 aliphatic carbocycles. The number of hydrogen-bond acceptors (Lipinski definition) is 4. The average molecular weight is 195 g/mol. The molecule has 1 aromatic rings. The summed E-state index contributed by atoms with van der Waals surface area (Å²) in [6.07, 6.45) is 0.599. The summed E-state index contributed by atoms with van der Waals surface area (Å²) in [5, 5.41) is 8.93. The van der Waals surface area contributed by atoms with Gasteiger partial charge in [0.1, 0.15) is 5.69 Å². The van der Waals surface area contributed by atoms with Crippen LogP contribution in [0, 0.1) is 0 Å². The molecule has 0 unspecified atom stereocenters. The van der Waals surface area contributed by atoms with Crippen molar-refractivity contribution in [3.63, 3.8) is 0 Å². The van der Waals surface area contributed by atoms with Crippen molar-refractivity contribution < 1.29 is 14.3 Å². The van der Waals surface area contributed by atoms with Gasteiger partial charge in [-0.1, -0.05) is 0 Å². The Balaban J connectivity index is 2.45. The SMILES string of the molecule is COC(=O)c1n[nH]c2c1CCNC2=O. The number of ether oxygens (including phenoxy) is 1. The van der Waals surface area contributed by atoms with Gasteiger partial charge in [0.2, 0.25) is 0 Å². The number of nitrogens with one attached hydrogen (secondary N) is 2. The number of esters is 1. The van der Waals surface area contributed by atoms with E-state index < -0.39 is 5.97 Å². The summed E-state index contributed by atoms with van der Waals surface area (Å²) in [7, 11) is 1.28. The lowest BCUT2D eigenvalue weighted by Crippen LogP contribution is -2.32. The minimum Gasteiger partial charge on any atom is -0.464 e. The van der Waals surface area contributed by atoms with Gasteiger partial charge in [0.15, 0.2) is 5.69 Å². The van der Waals surface area contributed by atoms with Crippen LogP contribution in [0.15, 0.2) is 0 Å². The van der Waals surface area contributed by atoms with Crippen LogP contribution in [-0.4, -0.2) is 35.7 Å². The Hall–Kier alpha value is -1.85. The van der Waals surface area contributed by atoms with Gasteiger partial charge >= 0.3 is 5.97 Å². The molecule has 6 heteroatoms. The molecule has 0 aromatic carbocycles. The summed E-state index contributed by atoms with van der Waals surface area (Å²) in [5.74, 6) is -0.744. The van der Waals surface area contributed by atoms with E-state index in [1.807, 2.05) is 0 Å². The van der Waals surface area contributed by atoms with Crippen LogP contribution < -0.4 is 5.32 Å². The fourth-order valence-corrected chi connectivity index (χ4v) is 1.45. The Kier molecular flexibility index (Phi) is 1.95. The fourth-order valence-electron chi connectivity index (χ4n) is 1.45. The zero-order valence-electron chi connectivity index (χ0n) is 7.59. The van der Waals surface area contributed by atoms with Crippen molar-refractivity contribution in [3.05, 3.63) is 17.0 Å². The number of fused-ring (bicyclic) bond motifs is 1. The minimum atomic E-state index is -0.516. The van der Waals surface area contributed by atoms with E-state index in [4.69, 9.17) is 0 Å². The van der Waals surface area contributed by atoms with Crippen molar-refractivity contribution in [3.8, 4) is 0 Å². The molecule has 14 heavy (non-hydrogen) atoms. The maximum atomic E-state index is 11.3. The van der Waals surface area contributed by atoms with Gasteiger partial charge in [0.25, 0.3) is 5.91 Å². The van der Waals surface area contributed by atoms with E-state index in [1.165, 1.54) is 7.11 Å². The van der Waals surface area contributed by atoms with Crippen LogP contribution in [0.4, 0.5) is 0 Å². The molecule has 74 valence electrons. The van der Waals surface area contributed by atoms with Gasteiger partial charge in [-0.15, -0.1) is 0 Å². The highest BCUT2D eigenvalue weighted by atomic mass is 16.5. The number of rotatable bonds is 1. The molecule has 0 bridgehead atoms. The molecule has 6 nitrogen and oxygen atoms in total. The first-order valence-corrected chi connectivity index (χ1v) is 4.17. The van der Waals surface area contributed by atoms with Crippen molar-refractivity contribution >= 4 is 11.9 Å². The predicted octanol–water partition coefficient (Wildman–Crippen LogP) is -0.518. The van der Waals surface area contributed by atoms with Crippen molar-refractivity contribution in [1.82, 2.24) is 15.5 Å². The summed E-state index contributed by atoms with van der Waals surface area (Å²) < 4.78 is 4.54. The van der Waals surface area contributed by atoms with Gasteiger partial charge in [0.05, 0.1) is 7.11 Å². The van der Waals surface area contributed by atoms with Crippen molar-refractivity contribution in [2.24, 2.45) is 0 Å². The lowest BCUT2D eigenvalue weighted by molar-refractivity contribution is 0.0593. The number of carbonyl (C=O) groups excluding carboxylic acids is 2. The number of methoxy groups -OCH3 is 1. The summed E-state index contributed by atoms with van der Waals surface area (Å²) in [6.45, 7) is 0.523. The van der Waals surface area contributed by atoms with Crippen LogP contribution >= 0.6 is 0 Å². The molecule has 0 fully saturated rings. The molecular weight excluding hydrogens is 186 g/mol. The largest absolute Gasteiger partial charge is 0.464 e. The van der Waals surface area contributed by atoms with E-state index in [-0.39, 0.29) is 11.6 Å². The summed E-state index contributed by atoms with van der Waals surface area (Å²) in [6, 6.07) is 0. The molecule has 1 amide bonds. The third-order valence-electron chi connectivity index (χ3n) is 2.13. The standard InChI is InChI=1S/C8H9N3O3/c1-14-8(13)6-4-2-3-9-7(12)5(4)10-11-6/h2-3H2,1H3,(H,9,12)(H,10,11). The van der Waals surface area contributed by atoms with Gasteiger partial charge in [-0.3, -0.25) is 9.89 Å². The lowest BCUT2D eigenvalue weighted by Gasteiger charge is -2.11. The first-order valence-electron chi connectivity index (χ1n) is 4.17. The van der Waals surface area contributed by atoms with E-state index in [0.717, 1.165) is 0 Å². The zero-order chi connectivity index (χ0) is 10.1. The average Bonchev–Trinajstić information content (AvgIpc) is 2.62. The van der Waals surface area contributed by atoms with Crippen LogP contribution in [0.3, 0.4) is 0 Å². The number of aromatic amines is 1. The number of aromatic nitrogens is 2. The Morgan fingerprint density at radius 2 is 2.36 bits per heavy atom. The van der Waals surface area contributed by atoms with Gasteiger partial charge in [-0.05, 0) is 6.42 Å². The summed E-state index contributed by atoms with van der Waals surface area (Å²) >= 11 is 0. The third-order valence-corrected chi connectivity index (χ3v) is 2.13. The Morgan fingerprint density at radius 3 is 3.07 bits per heavy atom. The third kappa shape index (κ3) is 1.15. The maximum absolute atomic E-state index is 11.3. The highest BCUT2D eigenvalue weighted by Crippen LogP contribution is 2.15. The van der Waals surface area contributed by atoms with E-state index in [0.29, 0.717) is 24.2 Å². The van der Waals surface area contributed by atoms with Crippen LogP contribution in [-0.2, 0) is 11.2 Å². The molecule has 2 heterocycles. The normalized spacial score (nSPS) is 14.5. The Morgan fingerprint density at radius 1 is 1.57 bits per heavy atom. The van der Waals surface area contributed by atoms with Gasteiger partial charge in [0, 0.05) is 12.1 Å². The van der Waals surface area contributed by atoms with Crippen LogP contribution in [0.5, 0.6) is 0 Å². The molecule has 2 N–H and O–H groups in total.